The van der Waals surface area contributed by atoms with Crippen molar-refractivity contribution in [1.29, 1.82) is 0 Å². The number of imidazole rings is 1. The molecule has 3 aromatic rings. The number of aryl methyl sites for hydroxylation is 1. The van der Waals surface area contributed by atoms with Gasteiger partial charge >= 0.3 is 0 Å². The number of hydrogen-bond acceptors (Lipinski definition) is 4. The zero-order valence-electron chi connectivity index (χ0n) is 13.4. The van der Waals surface area contributed by atoms with E-state index in [2.05, 4.69) is 14.3 Å². The molecule has 0 saturated heterocycles. The molecular formula is C18H17N3O2S2. The lowest BCUT2D eigenvalue weighted by molar-refractivity contribution is 0.600. The Hall–Kier alpha value is -2.25. The molecule has 0 fully saturated rings. The van der Waals surface area contributed by atoms with Crippen LogP contribution in [0.5, 0.6) is 0 Å². The number of anilines is 1. The number of nitrogens with one attached hydrogen (secondary N) is 1. The molecule has 1 aliphatic heterocycles. The Bertz CT molecular complexity index is 977. The average Bonchev–Trinajstić information content (AvgIpc) is 3.17. The van der Waals surface area contributed by atoms with Gasteiger partial charge in [-0.1, -0.05) is 60.3 Å². The van der Waals surface area contributed by atoms with Gasteiger partial charge in [0.1, 0.15) is 0 Å². The van der Waals surface area contributed by atoms with Crippen molar-refractivity contribution in [2.45, 2.75) is 17.5 Å². The molecule has 0 saturated carbocycles. The molecule has 2 heterocycles. The van der Waals surface area contributed by atoms with Crippen LogP contribution < -0.4 is 4.72 Å². The molecule has 0 unspecified atom stereocenters. The van der Waals surface area contributed by atoms with Gasteiger partial charge < -0.3 is 4.57 Å². The standard InChI is InChI=1S/C18H17N3O2S2/c22-25(23,13-14-6-2-1-3-7-14)20-16-9-5-4-8-15(16)17-12-21-10-11-24-18(21)19-17/h1-9,12,20H,10-11,13H2. The number of benzene rings is 2. The first-order valence-electron chi connectivity index (χ1n) is 7.94. The number of rotatable bonds is 5. The van der Waals surface area contributed by atoms with Crippen molar-refractivity contribution in [2.24, 2.45) is 0 Å². The molecule has 1 N–H and O–H groups in total. The van der Waals surface area contributed by atoms with E-state index in [9.17, 15) is 8.42 Å². The Kier molecular flexibility index (Phi) is 4.27. The molecule has 4 rings (SSSR count). The van der Waals surface area contributed by atoms with Crippen LogP contribution in [0.3, 0.4) is 0 Å². The number of sulfonamides is 1. The maximum atomic E-state index is 12.6. The zero-order chi connectivity index (χ0) is 17.3. The van der Waals surface area contributed by atoms with Gasteiger partial charge in [-0.05, 0) is 11.6 Å². The Labute approximate surface area is 151 Å². The van der Waals surface area contributed by atoms with Crippen LogP contribution in [0.4, 0.5) is 5.69 Å². The summed E-state index contributed by atoms with van der Waals surface area (Å²) in [6.45, 7) is 0.939. The maximum absolute atomic E-state index is 12.6. The fraction of sp³-hybridized carbons (Fsp3) is 0.167. The molecular weight excluding hydrogens is 354 g/mol. The third kappa shape index (κ3) is 3.57. The van der Waals surface area contributed by atoms with Gasteiger partial charge in [0.05, 0.1) is 17.1 Å². The van der Waals surface area contributed by atoms with Crippen LogP contribution in [-0.2, 0) is 22.3 Å². The van der Waals surface area contributed by atoms with Crippen LogP contribution in [0.1, 0.15) is 5.56 Å². The van der Waals surface area contributed by atoms with Crippen LogP contribution in [0.2, 0.25) is 0 Å². The van der Waals surface area contributed by atoms with Gasteiger partial charge in [0, 0.05) is 24.1 Å². The molecule has 0 radical (unpaired) electrons. The van der Waals surface area contributed by atoms with E-state index in [0.29, 0.717) is 5.69 Å². The van der Waals surface area contributed by atoms with Gasteiger partial charge in [0.15, 0.2) is 5.16 Å². The summed E-state index contributed by atoms with van der Waals surface area (Å²) in [6, 6.07) is 16.5. The molecule has 1 aliphatic rings. The molecule has 128 valence electrons. The molecule has 25 heavy (non-hydrogen) atoms. The van der Waals surface area contributed by atoms with Crippen molar-refractivity contribution >= 4 is 27.5 Å². The Morgan fingerprint density at radius 1 is 1.08 bits per heavy atom. The molecule has 5 nitrogen and oxygen atoms in total. The lowest BCUT2D eigenvalue weighted by atomic mass is 10.1. The highest BCUT2D eigenvalue weighted by atomic mass is 32.2. The highest BCUT2D eigenvalue weighted by Gasteiger charge is 2.19. The Balaban J connectivity index is 1.62. The van der Waals surface area contributed by atoms with Gasteiger partial charge in [0.25, 0.3) is 0 Å². The van der Waals surface area contributed by atoms with Crippen LogP contribution in [-0.4, -0.2) is 23.7 Å². The van der Waals surface area contributed by atoms with E-state index in [1.54, 1.807) is 17.8 Å². The zero-order valence-corrected chi connectivity index (χ0v) is 15.1. The van der Waals surface area contributed by atoms with Gasteiger partial charge in [0.2, 0.25) is 10.0 Å². The monoisotopic (exact) mass is 371 g/mol. The molecule has 0 spiro atoms. The van der Waals surface area contributed by atoms with Crippen molar-refractivity contribution in [1.82, 2.24) is 9.55 Å². The normalized spacial score (nSPS) is 13.6. The largest absolute Gasteiger partial charge is 0.325 e. The van der Waals surface area contributed by atoms with E-state index in [1.165, 1.54) is 0 Å². The quantitative estimate of drug-likeness (QED) is 0.744. The number of aromatic nitrogens is 2. The predicted molar refractivity (Wildman–Crippen MR) is 101 cm³/mol. The van der Waals surface area contributed by atoms with Crippen molar-refractivity contribution in [3.05, 3.63) is 66.4 Å². The van der Waals surface area contributed by atoms with Gasteiger partial charge in [-0.2, -0.15) is 0 Å². The lowest BCUT2D eigenvalue weighted by Crippen LogP contribution is -2.15. The predicted octanol–water partition coefficient (Wildman–Crippen LogP) is 3.60. The van der Waals surface area contributed by atoms with E-state index in [-0.39, 0.29) is 5.75 Å². The SMILES string of the molecule is O=S(=O)(Cc1ccccc1)Nc1ccccc1-c1cn2c(n1)SCC2. The molecule has 7 heteroatoms. The fourth-order valence-electron chi connectivity index (χ4n) is 2.83. The van der Waals surface area contributed by atoms with Crippen LogP contribution in [0.15, 0.2) is 66.0 Å². The van der Waals surface area contributed by atoms with E-state index in [0.717, 1.165) is 34.3 Å². The first kappa shape index (κ1) is 16.2. The number of thioether (sulfide) groups is 1. The fourth-order valence-corrected chi connectivity index (χ4v) is 4.99. The lowest BCUT2D eigenvalue weighted by Gasteiger charge is -2.11. The summed E-state index contributed by atoms with van der Waals surface area (Å²) in [5.41, 5.74) is 2.90. The summed E-state index contributed by atoms with van der Waals surface area (Å²) in [7, 11) is -3.50. The first-order chi connectivity index (χ1) is 12.1. The summed E-state index contributed by atoms with van der Waals surface area (Å²) in [5, 5.41) is 0.983. The summed E-state index contributed by atoms with van der Waals surface area (Å²) < 4.78 is 29.9. The summed E-state index contributed by atoms with van der Waals surface area (Å²) in [4.78, 5) is 4.63. The van der Waals surface area contributed by atoms with E-state index in [1.807, 2.05) is 54.7 Å². The summed E-state index contributed by atoms with van der Waals surface area (Å²) >= 11 is 1.72. The molecule has 2 aromatic carbocycles. The Morgan fingerprint density at radius 2 is 1.84 bits per heavy atom. The summed E-state index contributed by atoms with van der Waals surface area (Å²) in [5.74, 6) is 0.978. The molecule has 0 aliphatic carbocycles. The summed E-state index contributed by atoms with van der Waals surface area (Å²) in [6.07, 6.45) is 1.99. The third-order valence-electron chi connectivity index (χ3n) is 3.97. The minimum Gasteiger partial charge on any atom is -0.325 e. The van der Waals surface area contributed by atoms with Gasteiger partial charge in [-0.3, -0.25) is 4.72 Å². The topological polar surface area (TPSA) is 64.0 Å². The average molecular weight is 371 g/mol. The molecule has 0 amide bonds. The Morgan fingerprint density at radius 3 is 2.64 bits per heavy atom. The molecule has 0 atom stereocenters. The smallest absolute Gasteiger partial charge is 0.236 e. The van der Waals surface area contributed by atoms with Crippen molar-refractivity contribution in [2.75, 3.05) is 10.5 Å². The molecule has 0 bridgehead atoms. The first-order valence-corrected chi connectivity index (χ1v) is 10.6. The minimum absolute atomic E-state index is 0.0578. The minimum atomic E-state index is -3.50. The highest BCUT2D eigenvalue weighted by Crippen LogP contribution is 2.33. The third-order valence-corrected chi connectivity index (χ3v) is 6.19. The van der Waals surface area contributed by atoms with Crippen molar-refractivity contribution in [3.8, 4) is 11.3 Å². The molecule has 1 aromatic heterocycles. The van der Waals surface area contributed by atoms with Gasteiger partial charge in [-0.25, -0.2) is 13.4 Å². The second kappa shape index (κ2) is 6.57. The van der Waals surface area contributed by atoms with Crippen LogP contribution >= 0.6 is 11.8 Å². The highest BCUT2D eigenvalue weighted by molar-refractivity contribution is 7.99. The second-order valence-corrected chi connectivity index (χ2v) is 8.63. The van der Waals surface area contributed by atoms with Crippen molar-refractivity contribution in [3.63, 3.8) is 0 Å². The van der Waals surface area contributed by atoms with E-state index in [4.69, 9.17) is 0 Å². The van der Waals surface area contributed by atoms with Crippen LogP contribution in [0, 0.1) is 0 Å². The van der Waals surface area contributed by atoms with E-state index < -0.39 is 10.0 Å². The van der Waals surface area contributed by atoms with Gasteiger partial charge in [-0.15, -0.1) is 0 Å². The van der Waals surface area contributed by atoms with Crippen LogP contribution in [0.25, 0.3) is 11.3 Å². The van der Waals surface area contributed by atoms with Crippen molar-refractivity contribution < 1.29 is 8.42 Å². The second-order valence-electron chi connectivity index (χ2n) is 5.84. The number of nitrogens with zero attached hydrogens (tertiary/aromatic N) is 2. The number of fused-ring (bicyclic) bond motifs is 1. The maximum Gasteiger partial charge on any atom is 0.236 e. The van der Waals surface area contributed by atoms with E-state index >= 15 is 0 Å². The number of para-hydroxylation sites is 1. The number of hydrogen-bond donors (Lipinski definition) is 1.